The van der Waals surface area contributed by atoms with Gasteiger partial charge in [-0.25, -0.2) is 4.57 Å². The number of aromatic nitrogens is 2. The van der Waals surface area contributed by atoms with Gasteiger partial charge in [-0.05, 0) is 116 Å². The largest absolute Gasteiger partial charge is 0.307 e. The Kier molecular flexibility index (Phi) is 3.56. The summed E-state index contributed by atoms with van der Waals surface area (Å²) in [6, 6.07) is 19.1. The molecule has 0 aliphatic heterocycles. The second-order valence-electron chi connectivity index (χ2n) is 12.9. The maximum absolute atomic E-state index is 2.64. The van der Waals surface area contributed by atoms with E-state index in [0.717, 1.165) is 17.8 Å². The van der Waals surface area contributed by atoms with Crippen molar-refractivity contribution in [2.45, 2.75) is 57.8 Å². The van der Waals surface area contributed by atoms with Crippen molar-refractivity contribution in [3.8, 4) is 0 Å². The van der Waals surface area contributed by atoms with Gasteiger partial charge in [-0.15, -0.1) is 0 Å². The number of para-hydroxylation sites is 1. The first-order valence-electron chi connectivity index (χ1n) is 14.0. The van der Waals surface area contributed by atoms with E-state index in [1.807, 2.05) is 0 Å². The van der Waals surface area contributed by atoms with E-state index in [0.29, 0.717) is 5.41 Å². The number of fused-ring (bicyclic) bond motifs is 5. The van der Waals surface area contributed by atoms with Crippen LogP contribution in [0.1, 0.15) is 55.2 Å². The van der Waals surface area contributed by atoms with Gasteiger partial charge in [0.15, 0.2) is 6.20 Å². The zero-order valence-corrected chi connectivity index (χ0v) is 21.6. The maximum atomic E-state index is 2.64. The highest BCUT2D eigenvalue weighted by atomic mass is 15.0. The van der Waals surface area contributed by atoms with Gasteiger partial charge in [0.25, 0.3) is 0 Å². The van der Waals surface area contributed by atoms with E-state index in [1.165, 1.54) is 98.6 Å². The van der Waals surface area contributed by atoms with Crippen molar-refractivity contribution in [2.75, 3.05) is 0 Å². The minimum Gasteiger partial charge on any atom is -0.307 e. The first-order chi connectivity index (χ1) is 17.5. The van der Waals surface area contributed by atoms with E-state index in [2.05, 4.69) is 84.6 Å². The fourth-order valence-electron chi connectivity index (χ4n) is 9.81. The minimum absolute atomic E-state index is 0.391. The summed E-state index contributed by atoms with van der Waals surface area (Å²) in [6.07, 6.45) is 11.0. The van der Waals surface area contributed by atoms with Gasteiger partial charge >= 0.3 is 0 Å². The summed E-state index contributed by atoms with van der Waals surface area (Å²) in [7, 11) is 2.23. The van der Waals surface area contributed by atoms with E-state index >= 15 is 0 Å². The molecule has 36 heavy (non-hydrogen) atoms. The molecule has 2 heteroatoms. The van der Waals surface area contributed by atoms with E-state index in [1.54, 1.807) is 5.56 Å². The first-order valence-corrected chi connectivity index (χ1v) is 14.0. The summed E-state index contributed by atoms with van der Waals surface area (Å²) in [5.74, 6) is 2.87. The van der Waals surface area contributed by atoms with Crippen molar-refractivity contribution in [3.63, 3.8) is 0 Å². The van der Waals surface area contributed by atoms with Crippen molar-refractivity contribution in [3.05, 3.63) is 71.4 Å². The molecule has 2 nitrogen and oxygen atoms in total. The molecule has 6 aromatic rings. The monoisotopic (exact) mass is 469 g/mol. The summed E-state index contributed by atoms with van der Waals surface area (Å²) >= 11 is 0. The van der Waals surface area contributed by atoms with Crippen LogP contribution in [-0.4, -0.2) is 4.40 Å². The van der Waals surface area contributed by atoms with Crippen LogP contribution in [0.4, 0.5) is 0 Å². The van der Waals surface area contributed by atoms with Crippen molar-refractivity contribution in [1.82, 2.24) is 4.40 Å². The van der Waals surface area contributed by atoms with Crippen LogP contribution < -0.4 is 4.57 Å². The third-order valence-electron chi connectivity index (χ3n) is 10.7. The van der Waals surface area contributed by atoms with Gasteiger partial charge < -0.3 is 4.40 Å². The van der Waals surface area contributed by atoms with Crippen molar-refractivity contribution in [2.24, 2.45) is 24.8 Å². The maximum Gasteiger partial charge on any atom is 0.224 e. The molecule has 0 spiro atoms. The lowest BCUT2D eigenvalue weighted by atomic mass is 9.48. The smallest absolute Gasteiger partial charge is 0.224 e. The van der Waals surface area contributed by atoms with Crippen LogP contribution in [0.15, 0.2) is 54.7 Å². The predicted molar refractivity (Wildman–Crippen MR) is 149 cm³/mol. The third-order valence-corrected chi connectivity index (χ3v) is 10.7. The molecule has 4 aliphatic rings. The number of aryl methyl sites for hydroxylation is 3. The van der Waals surface area contributed by atoms with Crippen LogP contribution in [0.25, 0.3) is 49.0 Å². The first kappa shape index (κ1) is 20.0. The second kappa shape index (κ2) is 6.40. The Morgan fingerprint density at radius 1 is 0.778 bits per heavy atom. The van der Waals surface area contributed by atoms with Gasteiger partial charge in [-0.3, -0.25) is 0 Å². The van der Waals surface area contributed by atoms with E-state index in [9.17, 15) is 0 Å². The summed E-state index contributed by atoms with van der Waals surface area (Å²) < 4.78 is 5.01. The Balaban J connectivity index is 1.51. The van der Waals surface area contributed by atoms with Gasteiger partial charge in [-0.1, -0.05) is 24.3 Å². The standard InChI is InChI=1S/C34H33N2/c1-19-10-20(2)30-32-31-24(8-9-35(32)3)14-25(34-16-21-11-22(17-34)13-23(12-21)18-34)15-28(31)36-27-7-5-4-6-26(27)29(19)33(30)36/h4-10,14-15,21-23H,11-13,16-18H2,1-3H3/q+1. The normalized spacial score (nSPS) is 27.6. The van der Waals surface area contributed by atoms with Gasteiger partial charge in [0.2, 0.25) is 5.52 Å². The topological polar surface area (TPSA) is 8.29 Å². The molecule has 3 heterocycles. The van der Waals surface area contributed by atoms with Crippen LogP contribution >= 0.6 is 0 Å². The van der Waals surface area contributed by atoms with Gasteiger partial charge in [0.1, 0.15) is 7.05 Å². The number of rotatable bonds is 1. The van der Waals surface area contributed by atoms with Crippen LogP contribution in [0.3, 0.4) is 0 Å². The number of pyridine rings is 2. The minimum atomic E-state index is 0.391. The molecule has 4 saturated carbocycles. The molecule has 3 aromatic heterocycles. The molecule has 0 atom stereocenters. The highest BCUT2D eigenvalue weighted by Gasteiger charge is 2.51. The fraction of sp³-hybridized carbons (Fsp3) is 0.382. The number of nitrogens with zero attached hydrogens (tertiary/aromatic N) is 2. The van der Waals surface area contributed by atoms with Crippen LogP contribution in [0, 0.1) is 31.6 Å². The predicted octanol–water partition coefficient (Wildman–Crippen LogP) is 7.90. The molecule has 178 valence electrons. The zero-order valence-electron chi connectivity index (χ0n) is 21.6. The lowest BCUT2D eigenvalue weighted by Crippen LogP contribution is -2.48. The molecule has 0 unspecified atom stereocenters. The molecular formula is C34H33N2+. The van der Waals surface area contributed by atoms with Crippen LogP contribution in [-0.2, 0) is 12.5 Å². The quantitative estimate of drug-likeness (QED) is 0.131. The summed E-state index contributed by atoms with van der Waals surface area (Å²) in [6.45, 7) is 4.60. The Hall–Kier alpha value is -3.13. The van der Waals surface area contributed by atoms with E-state index in [-0.39, 0.29) is 0 Å². The molecule has 4 fully saturated rings. The molecule has 4 bridgehead atoms. The highest BCUT2D eigenvalue weighted by molar-refractivity contribution is 6.26. The van der Waals surface area contributed by atoms with Crippen LogP contribution in [0.5, 0.6) is 0 Å². The number of hydrogen-bond acceptors (Lipinski definition) is 0. The van der Waals surface area contributed by atoms with Gasteiger partial charge in [-0.2, -0.15) is 0 Å². The van der Waals surface area contributed by atoms with E-state index in [4.69, 9.17) is 0 Å². The average Bonchev–Trinajstić information content (AvgIpc) is 3.20. The molecule has 10 rings (SSSR count). The lowest BCUT2D eigenvalue weighted by Gasteiger charge is -2.57. The molecule has 0 amide bonds. The molecule has 0 N–H and O–H groups in total. The zero-order chi connectivity index (χ0) is 23.9. The van der Waals surface area contributed by atoms with Crippen molar-refractivity contribution >= 4 is 49.0 Å². The lowest BCUT2D eigenvalue weighted by molar-refractivity contribution is -0.643. The molecule has 0 saturated heterocycles. The Morgan fingerprint density at radius 2 is 1.47 bits per heavy atom. The number of hydrogen-bond donors (Lipinski definition) is 0. The van der Waals surface area contributed by atoms with Crippen molar-refractivity contribution in [1.29, 1.82) is 0 Å². The summed E-state index contributed by atoms with van der Waals surface area (Å²) in [4.78, 5) is 0. The fourth-order valence-corrected chi connectivity index (χ4v) is 9.81. The second-order valence-corrected chi connectivity index (χ2v) is 12.9. The molecule has 4 aliphatic carbocycles. The Morgan fingerprint density at radius 3 is 2.22 bits per heavy atom. The molecule has 0 radical (unpaired) electrons. The SMILES string of the molecule is Cc1cc(C)c2c3c1c1ccccc1n3c1cc(C34CC5CC(CC(C5)C3)C4)cc3cc[n+](C)c2c31. The summed E-state index contributed by atoms with van der Waals surface area (Å²) in [5, 5.41) is 7.07. The molecule has 3 aromatic carbocycles. The van der Waals surface area contributed by atoms with Gasteiger partial charge in [0, 0.05) is 16.8 Å². The van der Waals surface area contributed by atoms with Gasteiger partial charge in [0.05, 0.1) is 27.3 Å². The molecular weight excluding hydrogens is 436 g/mol. The highest BCUT2D eigenvalue weighted by Crippen LogP contribution is 2.61. The Bertz CT molecular complexity index is 1870. The van der Waals surface area contributed by atoms with Crippen molar-refractivity contribution < 1.29 is 4.57 Å². The third kappa shape index (κ3) is 2.28. The Labute approximate surface area is 211 Å². The summed E-state index contributed by atoms with van der Waals surface area (Å²) in [5.41, 5.74) is 10.3. The van der Waals surface area contributed by atoms with Crippen LogP contribution in [0.2, 0.25) is 0 Å². The average molecular weight is 470 g/mol. The van der Waals surface area contributed by atoms with E-state index < -0.39 is 0 Å². The number of benzene rings is 3.